The van der Waals surface area contributed by atoms with Crippen LogP contribution in [0.3, 0.4) is 0 Å². The van der Waals surface area contributed by atoms with Crippen molar-refractivity contribution in [2.45, 2.75) is 19.0 Å². The van der Waals surface area contributed by atoms with E-state index in [9.17, 15) is 22.4 Å². The third-order valence-electron chi connectivity index (χ3n) is 6.80. The number of piperidine rings is 1. The molecule has 0 unspecified atom stereocenters. The van der Waals surface area contributed by atoms with Crippen molar-refractivity contribution in [1.29, 1.82) is 0 Å². The second kappa shape index (κ2) is 12.5. The largest absolute Gasteiger partial charge is 0.454 e. The van der Waals surface area contributed by atoms with Crippen molar-refractivity contribution in [3.8, 4) is 22.8 Å². The zero-order valence-corrected chi connectivity index (χ0v) is 22.5. The molecule has 1 saturated heterocycles. The summed E-state index contributed by atoms with van der Waals surface area (Å²) in [7, 11) is 1.78. The third-order valence-corrected chi connectivity index (χ3v) is 6.80. The number of halogens is 4. The van der Waals surface area contributed by atoms with Crippen LogP contribution >= 0.6 is 0 Å². The van der Waals surface area contributed by atoms with E-state index in [-0.39, 0.29) is 28.7 Å². The minimum atomic E-state index is -4.90. The minimum absolute atomic E-state index is 0.0704. The molecule has 2 aromatic heterocycles. The SMILES string of the molecule is CNC[C@@H]1CCCN(c2c(NC(=O)c3cncc(-c4ccnnc4)n3)ccc(Oc3ccccc3F)c2C(F)(F)F)C1. The van der Waals surface area contributed by atoms with Gasteiger partial charge in [-0.05, 0) is 62.7 Å². The van der Waals surface area contributed by atoms with Crippen LogP contribution in [0.5, 0.6) is 11.5 Å². The summed E-state index contributed by atoms with van der Waals surface area (Å²) in [5.41, 5.74) is -0.665. The summed E-state index contributed by atoms with van der Waals surface area (Å²) in [5.74, 6) is -2.42. The number of hydrogen-bond acceptors (Lipinski definition) is 8. The van der Waals surface area contributed by atoms with E-state index in [1.165, 1.54) is 49.1 Å². The predicted molar refractivity (Wildman–Crippen MR) is 148 cm³/mol. The Morgan fingerprint density at radius 3 is 2.64 bits per heavy atom. The van der Waals surface area contributed by atoms with E-state index in [1.807, 2.05) is 0 Å². The van der Waals surface area contributed by atoms with E-state index in [4.69, 9.17) is 4.74 Å². The first kappa shape index (κ1) is 28.9. The Kier molecular flexibility index (Phi) is 8.57. The molecule has 2 N–H and O–H groups in total. The van der Waals surface area contributed by atoms with Crippen LogP contribution in [0.15, 0.2) is 67.3 Å². The van der Waals surface area contributed by atoms with E-state index < -0.39 is 29.2 Å². The number of ether oxygens (including phenoxy) is 1. The molecule has 0 saturated carbocycles. The number of carbonyl (C=O) groups is 1. The molecule has 0 bridgehead atoms. The first-order chi connectivity index (χ1) is 20.2. The van der Waals surface area contributed by atoms with Crippen LogP contribution < -0.4 is 20.3 Å². The van der Waals surface area contributed by atoms with E-state index in [0.717, 1.165) is 18.6 Å². The summed E-state index contributed by atoms with van der Waals surface area (Å²) in [4.78, 5) is 23.3. The van der Waals surface area contributed by atoms with Gasteiger partial charge in [0.2, 0.25) is 0 Å². The molecule has 4 aromatic rings. The molecule has 9 nitrogen and oxygen atoms in total. The summed E-state index contributed by atoms with van der Waals surface area (Å²) >= 11 is 0. The topological polar surface area (TPSA) is 105 Å². The zero-order chi connectivity index (χ0) is 29.7. The lowest BCUT2D eigenvalue weighted by atomic mass is 9.96. The summed E-state index contributed by atoms with van der Waals surface area (Å²) < 4.78 is 64.4. The maximum Gasteiger partial charge on any atom is 0.422 e. The highest BCUT2D eigenvalue weighted by molar-refractivity contribution is 6.05. The molecule has 1 fully saturated rings. The van der Waals surface area contributed by atoms with Gasteiger partial charge in [-0.15, -0.1) is 0 Å². The van der Waals surface area contributed by atoms with Gasteiger partial charge in [-0.25, -0.2) is 9.37 Å². The second-order valence-corrected chi connectivity index (χ2v) is 9.75. The maximum atomic E-state index is 14.8. The Bertz CT molecular complexity index is 1550. The van der Waals surface area contributed by atoms with Crippen LogP contribution in [-0.2, 0) is 6.18 Å². The highest BCUT2D eigenvalue weighted by Crippen LogP contribution is 2.48. The van der Waals surface area contributed by atoms with Gasteiger partial charge < -0.3 is 20.3 Å². The number of aromatic nitrogens is 4. The average Bonchev–Trinajstić information content (AvgIpc) is 2.99. The molecule has 0 radical (unpaired) electrons. The molecule has 5 rings (SSSR count). The summed E-state index contributed by atoms with van der Waals surface area (Å²) in [5, 5.41) is 13.2. The molecule has 42 heavy (non-hydrogen) atoms. The summed E-state index contributed by atoms with van der Waals surface area (Å²) in [6.07, 6.45) is 2.13. The van der Waals surface area contributed by atoms with Crippen molar-refractivity contribution < 1.29 is 27.1 Å². The van der Waals surface area contributed by atoms with Crippen molar-refractivity contribution in [3.63, 3.8) is 0 Å². The lowest BCUT2D eigenvalue weighted by Crippen LogP contribution is -2.40. The molecule has 3 heterocycles. The van der Waals surface area contributed by atoms with Gasteiger partial charge in [-0.1, -0.05) is 12.1 Å². The van der Waals surface area contributed by atoms with Gasteiger partial charge in [0.15, 0.2) is 11.6 Å². The molecular weight excluding hydrogens is 554 g/mol. The molecule has 1 amide bonds. The lowest BCUT2D eigenvalue weighted by Gasteiger charge is -2.37. The fourth-order valence-electron chi connectivity index (χ4n) is 4.97. The van der Waals surface area contributed by atoms with E-state index in [0.29, 0.717) is 37.3 Å². The van der Waals surface area contributed by atoms with Gasteiger partial charge in [0.05, 0.1) is 41.9 Å². The molecule has 218 valence electrons. The van der Waals surface area contributed by atoms with Gasteiger partial charge in [0, 0.05) is 18.7 Å². The fourth-order valence-corrected chi connectivity index (χ4v) is 4.97. The van der Waals surface area contributed by atoms with Crippen molar-refractivity contribution in [3.05, 3.63) is 84.3 Å². The second-order valence-electron chi connectivity index (χ2n) is 9.75. The molecule has 13 heteroatoms. The normalized spacial score (nSPS) is 15.4. The van der Waals surface area contributed by atoms with Crippen LogP contribution in [0, 0.1) is 11.7 Å². The number of alkyl halides is 3. The van der Waals surface area contributed by atoms with Crippen LogP contribution in [0.1, 0.15) is 28.9 Å². The van der Waals surface area contributed by atoms with Crippen LogP contribution in [0.2, 0.25) is 0 Å². The molecular formula is C29H27F4N7O2. The number of anilines is 2. The quantitative estimate of drug-likeness (QED) is 0.260. The molecule has 1 atom stereocenters. The lowest BCUT2D eigenvalue weighted by molar-refractivity contribution is -0.138. The molecule has 1 aliphatic heterocycles. The number of amides is 1. The van der Waals surface area contributed by atoms with Gasteiger partial charge in [0.1, 0.15) is 17.0 Å². The van der Waals surface area contributed by atoms with Crippen molar-refractivity contribution in [2.24, 2.45) is 5.92 Å². The van der Waals surface area contributed by atoms with Gasteiger partial charge >= 0.3 is 6.18 Å². The first-order valence-corrected chi connectivity index (χ1v) is 13.2. The molecule has 0 aliphatic carbocycles. The molecule has 1 aliphatic rings. The number of carbonyl (C=O) groups excluding carboxylic acids is 1. The smallest absolute Gasteiger partial charge is 0.422 e. The summed E-state index contributed by atoms with van der Waals surface area (Å²) in [6.45, 7) is 1.23. The third kappa shape index (κ3) is 6.46. The molecule has 2 aromatic carbocycles. The molecule has 0 spiro atoms. The zero-order valence-electron chi connectivity index (χ0n) is 22.5. The van der Waals surface area contributed by atoms with Gasteiger partial charge in [0.25, 0.3) is 5.91 Å². The number of nitrogens with zero attached hydrogens (tertiary/aromatic N) is 5. The standard InChI is InChI=1S/C29H27F4N7O2/c1-34-13-18-5-4-12-40(17-18)27-21(39-28(41)23-16-35-15-22(38-23)19-10-11-36-37-14-19)8-9-25(26(27)29(31,32)33)42-24-7-3-2-6-20(24)30/h2-3,6-11,14-16,18,34H,4-5,12-13,17H2,1H3,(H,39,41)/t18-/m0/s1. The number of benzene rings is 2. The number of hydrogen-bond donors (Lipinski definition) is 2. The van der Waals surface area contributed by atoms with Crippen LogP contribution in [0.4, 0.5) is 28.9 Å². The highest BCUT2D eigenvalue weighted by Gasteiger charge is 2.41. The van der Waals surface area contributed by atoms with Gasteiger partial charge in [-0.3, -0.25) is 9.78 Å². The number of rotatable bonds is 8. The maximum absolute atomic E-state index is 14.8. The fraction of sp³-hybridized carbons (Fsp3) is 0.276. The Labute approximate surface area is 239 Å². The van der Waals surface area contributed by atoms with Crippen molar-refractivity contribution in [2.75, 3.05) is 36.9 Å². The van der Waals surface area contributed by atoms with E-state index in [1.54, 1.807) is 18.0 Å². The Morgan fingerprint density at radius 2 is 1.90 bits per heavy atom. The Balaban J connectivity index is 1.58. The number of nitrogens with one attached hydrogen (secondary N) is 2. The Morgan fingerprint density at radius 1 is 1.07 bits per heavy atom. The first-order valence-electron chi connectivity index (χ1n) is 13.2. The monoisotopic (exact) mass is 581 g/mol. The van der Waals surface area contributed by atoms with E-state index >= 15 is 0 Å². The predicted octanol–water partition coefficient (Wildman–Crippen LogP) is 5.57. The Hall–Kier alpha value is -4.65. The average molecular weight is 582 g/mol. The van der Waals surface area contributed by atoms with Crippen molar-refractivity contribution in [1.82, 2.24) is 25.5 Å². The van der Waals surface area contributed by atoms with E-state index in [2.05, 4.69) is 30.8 Å². The summed E-state index contributed by atoms with van der Waals surface area (Å²) in [6, 6.07) is 9.26. The number of para-hydroxylation sites is 1. The van der Waals surface area contributed by atoms with Crippen LogP contribution in [0.25, 0.3) is 11.3 Å². The minimum Gasteiger partial charge on any atom is -0.454 e. The van der Waals surface area contributed by atoms with Gasteiger partial charge in [-0.2, -0.15) is 23.4 Å². The van der Waals surface area contributed by atoms with Crippen LogP contribution in [-0.4, -0.2) is 52.8 Å². The van der Waals surface area contributed by atoms with Crippen molar-refractivity contribution >= 4 is 17.3 Å². The highest BCUT2D eigenvalue weighted by atomic mass is 19.4.